The minimum absolute atomic E-state index is 0.00481. The summed E-state index contributed by atoms with van der Waals surface area (Å²) in [5, 5.41) is 9.96. The summed E-state index contributed by atoms with van der Waals surface area (Å²) >= 11 is 0. The Hall–Kier alpha value is -1.81. The first-order chi connectivity index (χ1) is 8.63. The second-order valence-corrected chi connectivity index (χ2v) is 4.53. The fourth-order valence-corrected chi connectivity index (χ4v) is 2.16. The normalized spacial score (nSPS) is 10.8. The summed E-state index contributed by atoms with van der Waals surface area (Å²) in [5.74, 6) is 0.0215. The molecule has 0 spiro atoms. The topological polar surface area (TPSA) is 56.3 Å². The maximum absolute atomic E-state index is 12.0. The predicted octanol–water partition coefficient (Wildman–Crippen LogP) is 1.47. The molecule has 0 fully saturated rings. The van der Waals surface area contributed by atoms with Gasteiger partial charge in [0.1, 0.15) is 0 Å². The van der Waals surface area contributed by atoms with Crippen LogP contribution in [0.2, 0.25) is 0 Å². The van der Waals surface area contributed by atoms with Crippen LogP contribution in [-0.2, 0) is 11.2 Å². The van der Waals surface area contributed by atoms with E-state index in [1.165, 1.54) is 5.56 Å². The van der Waals surface area contributed by atoms with Gasteiger partial charge in [-0.1, -0.05) is 12.1 Å². The number of aromatic nitrogens is 1. The van der Waals surface area contributed by atoms with E-state index < -0.39 is 0 Å². The Labute approximate surface area is 106 Å². The number of fused-ring (bicyclic) bond motifs is 1. The Kier molecular flexibility index (Phi) is 3.67. The molecular weight excluding hydrogens is 228 g/mol. The summed E-state index contributed by atoms with van der Waals surface area (Å²) in [6, 6.07) is 6.05. The third-order valence-electron chi connectivity index (χ3n) is 3.20. The molecule has 1 aromatic heterocycles. The zero-order valence-corrected chi connectivity index (χ0v) is 10.7. The highest BCUT2D eigenvalue weighted by Gasteiger charge is 2.13. The van der Waals surface area contributed by atoms with Gasteiger partial charge in [0.25, 0.3) is 0 Å². The Morgan fingerprint density at radius 3 is 2.94 bits per heavy atom. The summed E-state index contributed by atoms with van der Waals surface area (Å²) in [4.78, 5) is 16.7. The number of nitrogens with one attached hydrogen (secondary N) is 1. The van der Waals surface area contributed by atoms with Gasteiger partial charge in [0, 0.05) is 30.7 Å². The first-order valence-electron chi connectivity index (χ1n) is 6.04. The van der Waals surface area contributed by atoms with Crippen LogP contribution in [0.5, 0.6) is 0 Å². The quantitative estimate of drug-likeness (QED) is 0.858. The molecule has 4 heteroatoms. The smallest absolute Gasteiger partial charge is 0.226 e. The molecule has 0 saturated heterocycles. The lowest BCUT2D eigenvalue weighted by molar-refractivity contribution is -0.129. The molecule has 0 saturated carbocycles. The zero-order valence-electron chi connectivity index (χ0n) is 10.7. The predicted molar refractivity (Wildman–Crippen MR) is 71.5 cm³/mol. The molecule has 1 heterocycles. The maximum Gasteiger partial charge on any atom is 0.226 e. The van der Waals surface area contributed by atoms with E-state index in [4.69, 9.17) is 5.11 Å². The number of aliphatic hydroxyl groups excluding tert-OH is 1. The molecule has 0 aliphatic carbocycles. The molecule has 2 N–H and O–H groups in total. The van der Waals surface area contributed by atoms with Gasteiger partial charge in [-0.2, -0.15) is 0 Å². The minimum Gasteiger partial charge on any atom is -0.395 e. The number of H-pyrrole nitrogens is 1. The van der Waals surface area contributed by atoms with Gasteiger partial charge in [-0.25, -0.2) is 0 Å². The van der Waals surface area contributed by atoms with E-state index in [1.54, 1.807) is 11.9 Å². The zero-order chi connectivity index (χ0) is 13.1. The molecule has 0 aliphatic rings. The summed E-state index contributed by atoms with van der Waals surface area (Å²) < 4.78 is 0. The maximum atomic E-state index is 12.0. The molecular formula is C14H18N2O2. The van der Waals surface area contributed by atoms with Crippen molar-refractivity contribution < 1.29 is 9.90 Å². The molecule has 0 atom stereocenters. The fraction of sp³-hybridized carbons (Fsp3) is 0.357. The van der Waals surface area contributed by atoms with Crippen LogP contribution in [0.15, 0.2) is 24.4 Å². The molecule has 96 valence electrons. The molecule has 0 aliphatic heterocycles. The number of aliphatic hydroxyl groups is 1. The first kappa shape index (κ1) is 12.6. The third kappa shape index (κ3) is 2.38. The van der Waals surface area contributed by atoms with Crippen molar-refractivity contribution in [3.8, 4) is 0 Å². The summed E-state index contributed by atoms with van der Waals surface area (Å²) in [7, 11) is 1.71. The first-order valence-corrected chi connectivity index (χ1v) is 6.04. The molecule has 0 radical (unpaired) electrons. The third-order valence-corrected chi connectivity index (χ3v) is 3.20. The number of carbonyl (C=O) groups is 1. The molecule has 1 amide bonds. The van der Waals surface area contributed by atoms with E-state index >= 15 is 0 Å². The van der Waals surface area contributed by atoms with Crippen molar-refractivity contribution in [3.63, 3.8) is 0 Å². The molecule has 1 aromatic carbocycles. The van der Waals surface area contributed by atoms with Crippen LogP contribution >= 0.6 is 0 Å². The minimum atomic E-state index is -0.00481. The van der Waals surface area contributed by atoms with Gasteiger partial charge in [0.2, 0.25) is 5.91 Å². The van der Waals surface area contributed by atoms with Crippen LogP contribution in [0.4, 0.5) is 0 Å². The molecule has 0 bridgehead atoms. The van der Waals surface area contributed by atoms with E-state index in [2.05, 4.69) is 4.98 Å². The van der Waals surface area contributed by atoms with E-state index in [-0.39, 0.29) is 12.5 Å². The summed E-state index contributed by atoms with van der Waals surface area (Å²) in [6.07, 6.45) is 2.25. The average molecular weight is 246 g/mol. The van der Waals surface area contributed by atoms with Crippen molar-refractivity contribution in [3.05, 3.63) is 35.5 Å². The number of hydrogen-bond donors (Lipinski definition) is 2. The summed E-state index contributed by atoms with van der Waals surface area (Å²) in [5.41, 5.74) is 3.24. The fourth-order valence-electron chi connectivity index (χ4n) is 2.16. The second-order valence-electron chi connectivity index (χ2n) is 4.53. The van der Waals surface area contributed by atoms with Crippen LogP contribution in [0, 0.1) is 6.92 Å². The molecule has 2 aromatic rings. The standard InChI is InChI=1S/C14H18N2O2/c1-10-4-3-5-12-14(10)11(9-15-12)8-13(18)16(2)6-7-17/h3-5,9,15,17H,6-8H2,1-2H3. The number of nitrogens with zero attached hydrogens (tertiary/aromatic N) is 1. The van der Waals surface area contributed by atoms with Crippen molar-refractivity contribution >= 4 is 16.8 Å². The van der Waals surface area contributed by atoms with Crippen LogP contribution in [0.1, 0.15) is 11.1 Å². The van der Waals surface area contributed by atoms with Gasteiger partial charge in [-0.05, 0) is 24.1 Å². The second kappa shape index (κ2) is 5.23. The van der Waals surface area contributed by atoms with Gasteiger partial charge in [0.15, 0.2) is 0 Å². The van der Waals surface area contributed by atoms with Crippen LogP contribution in [0.25, 0.3) is 10.9 Å². The molecule has 0 unspecified atom stereocenters. The van der Waals surface area contributed by atoms with Crippen LogP contribution in [-0.4, -0.2) is 41.1 Å². The van der Waals surface area contributed by atoms with Gasteiger partial charge >= 0.3 is 0 Å². The Morgan fingerprint density at radius 2 is 2.22 bits per heavy atom. The molecule has 18 heavy (non-hydrogen) atoms. The number of amides is 1. The van der Waals surface area contributed by atoms with E-state index in [0.717, 1.165) is 16.5 Å². The Bertz CT molecular complexity index is 560. The van der Waals surface area contributed by atoms with Crippen LogP contribution < -0.4 is 0 Å². The largest absolute Gasteiger partial charge is 0.395 e. The average Bonchev–Trinajstić information content (AvgIpc) is 2.74. The van der Waals surface area contributed by atoms with Gasteiger partial charge < -0.3 is 15.0 Å². The number of rotatable bonds is 4. The van der Waals surface area contributed by atoms with Crippen molar-refractivity contribution in [2.45, 2.75) is 13.3 Å². The van der Waals surface area contributed by atoms with Crippen LogP contribution in [0.3, 0.4) is 0 Å². The van der Waals surface area contributed by atoms with E-state index in [0.29, 0.717) is 13.0 Å². The number of aryl methyl sites for hydroxylation is 1. The van der Waals surface area contributed by atoms with Crippen molar-refractivity contribution in [2.24, 2.45) is 0 Å². The van der Waals surface area contributed by atoms with E-state index in [9.17, 15) is 4.79 Å². The SMILES string of the molecule is Cc1cccc2[nH]cc(CC(=O)N(C)CCO)c12. The number of hydrogen-bond acceptors (Lipinski definition) is 2. The van der Waals surface area contributed by atoms with E-state index in [1.807, 2.05) is 31.3 Å². The lowest BCUT2D eigenvalue weighted by Crippen LogP contribution is -2.30. The number of carbonyl (C=O) groups excluding carboxylic acids is 1. The molecule has 4 nitrogen and oxygen atoms in total. The van der Waals surface area contributed by atoms with Crippen molar-refractivity contribution in [1.29, 1.82) is 0 Å². The highest BCUT2D eigenvalue weighted by molar-refractivity contribution is 5.90. The highest BCUT2D eigenvalue weighted by atomic mass is 16.3. The van der Waals surface area contributed by atoms with Crippen molar-refractivity contribution in [2.75, 3.05) is 20.2 Å². The monoisotopic (exact) mass is 246 g/mol. The Morgan fingerprint density at radius 1 is 1.44 bits per heavy atom. The van der Waals surface area contributed by atoms with Gasteiger partial charge in [-0.15, -0.1) is 0 Å². The number of benzene rings is 1. The number of aromatic amines is 1. The lowest BCUT2D eigenvalue weighted by atomic mass is 10.1. The highest BCUT2D eigenvalue weighted by Crippen LogP contribution is 2.22. The number of likely N-dealkylation sites (N-methyl/N-ethyl adjacent to an activating group) is 1. The summed E-state index contributed by atoms with van der Waals surface area (Å²) in [6.45, 7) is 2.41. The Balaban J connectivity index is 2.25. The van der Waals surface area contributed by atoms with Gasteiger partial charge in [-0.3, -0.25) is 4.79 Å². The van der Waals surface area contributed by atoms with Gasteiger partial charge in [0.05, 0.1) is 13.0 Å². The van der Waals surface area contributed by atoms with Crippen molar-refractivity contribution in [1.82, 2.24) is 9.88 Å². The lowest BCUT2D eigenvalue weighted by Gasteiger charge is -2.15. The molecule has 2 rings (SSSR count).